The first-order chi connectivity index (χ1) is 26.1. The summed E-state index contributed by atoms with van der Waals surface area (Å²) in [4.78, 5) is 25.5. The molecule has 0 amide bonds. The van der Waals surface area contributed by atoms with E-state index in [-0.39, 0.29) is 6.42 Å². The lowest BCUT2D eigenvalue weighted by Crippen LogP contribution is -2.39. The Hall–Kier alpha value is -5.98. The molecule has 0 bridgehead atoms. The van der Waals surface area contributed by atoms with Gasteiger partial charge in [0.2, 0.25) is 0 Å². The minimum absolute atomic E-state index is 0.212. The molecule has 13 heteroatoms. The van der Waals surface area contributed by atoms with Crippen molar-refractivity contribution in [3.63, 3.8) is 0 Å². The quantitative estimate of drug-likeness (QED) is 0.145. The predicted molar refractivity (Wildman–Crippen MR) is 195 cm³/mol. The third-order valence-corrected chi connectivity index (χ3v) is 9.60. The van der Waals surface area contributed by atoms with Crippen LogP contribution < -0.4 is 42.6 Å². The molecule has 0 radical (unpaired) electrons. The molecule has 0 aromatic heterocycles. The Bertz CT molecular complexity index is 2020. The van der Waals surface area contributed by atoms with E-state index in [2.05, 4.69) is 0 Å². The molecule has 0 N–H and O–H groups in total. The van der Waals surface area contributed by atoms with Crippen LogP contribution >= 0.6 is 0 Å². The van der Waals surface area contributed by atoms with Gasteiger partial charge in [-0.05, 0) is 30.3 Å². The number of hydrogen-bond acceptors (Lipinski definition) is 13. The van der Waals surface area contributed by atoms with Crippen molar-refractivity contribution < 1.29 is 61.7 Å². The van der Waals surface area contributed by atoms with Crippen molar-refractivity contribution in [2.24, 2.45) is 0 Å². The largest absolute Gasteiger partial charge is 0.497 e. The second kappa shape index (κ2) is 15.9. The Balaban J connectivity index is 1.57. The van der Waals surface area contributed by atoms with Gasteiger partial charge in [-0.25, -0.2) is 0 Å². The van der Waals surface area contributed by atoms with Crippen LogP contribution in [0, 0.1) is 0 Å². The van der Waals surface area contributed by atoms with E-state index in [0.717, 1.165) is 0 Å². The van der Waals surface area contributed by atoms with Crippen molar-refractivity contribution in [1.29, 1.82) is 0 Å². The molecule has 2 heterocycles. The second-order valence-electron chi connectivity index (χ2n) is 12.6. The Morgan fingerprint density at radius 2 is 1.15 bits per heavy atom. The van der Waals surface area contributed by atoms with Crippen molar-refractivity contribution in [2.75, 3.05) is 49.8 Å². The Labute approximate surface area is 313 Å². The van der Waals surface area contributed by atoms with Crippen LogP contribution in [0.3, 0.4) is 0 Å². The molecule has 0 fully saturated rings. The van der Waals surface area contributed by atoms with E-state index in [4.69, 9.17) is 52.1 Å². The van der Waals surface area contributed by atoms with Gasteiger partial charge in [0.25, 0.3) is 0 Å². The number of carbonyl (C=O) groups excluding carboxylic acids is 2. The maximum Gasteiger partial charge on any atom is 0.303 e. The third kappa shape index (κ3) is 7.05. The molecule has 0 saturated carbocycles. The molecule has 286 valence electrons. The summed E-state index contributed by atoms with van der Waals surface area (Å²) in [5.74, 6) is 2.62. The molecule has 0 unspecified atom stereocenters. The first-order valence-electron chi connectivity index (χ1n) is 17.2. The van der Waals surface area contributed by atoms with Crippen LogP contribution in [-0.4, -0.2) is 73.9 Å². The molecule has 6 rings (SSSR count). The zero-order chi connectivity index (χ0) is 38.7. The Morgan fingerprint density at radius 3 is 1.69 bits per heavy atom. The molecule has 4 aromatic rings. The summed E-state index contributed by atoms with van der Waals surface area (Å²) in [6.07, 6.45) is -3.07. The SMILES string of the molecule is COc1ccc2c(c1)O[C@H](c1ccc(OC)c(OC)c1)[C@@H](OC(C)=O)[C@@H]2c1c(OC)cc2c(c1OC)C[C@H](OC(C)=O)[C@@H](c1ccc(OC)c(OC)c1)O2. The van der Waals surface area contributed by atoms with Crippen LogP contribution in [0.5, 0.6) is 51.7 Å². The van der Waals surface area contributed by atoms with Crippen LogP contribution in [0.4, 0.5) is 0 Å². The summed E-state index contributed by atoms with van der Waals surface area (Å²) in [6.45, 7) is 2.70. The normalized spacial score (nSPS) is 19.8. The van der Waals surface area contributed by atoms with E-state index < -0.39 is 42.3 Å². The molecule has 2 aliphatic rings. The van der Waals surface area contributed by atoms with E-state index in [0.29, 0.717) is 79.6 Å². The average Bonchev–Trinajstić information content (AvgIpc) is 3.18. The fraction of sp³-hybridized carbons (Fsp3) is 0.366. The lowest BCUT2D eigenvalue weighted by atomic mass is 9.77. The number of benzene rings is 4. The van der Waals surface area contributed by atoms with Crippen molar-refractivity contribution in [1.82, 2.24) is 0 Å². The van der Waals surface area contributed by atoms with Crippen LogP contribution in [0.2, 0.25) is 0 Å². The first-order valence-corrected chi connectivity index (χ1v) is 17.2. The smallest absolute Gasteiger partial charge is 0.303 e. The topological polar surface area (TPSA) is 136 Å². The molecule has 54 heavy (non-hydrogen) atoms. The molecular weight excluding hydrogens is 700 g/mol. The predicted octanol–water partition coefficient (Wildman–Crippen LogP) is 6.55. The lowest BCUT2D eigenvalue weighted by Gasteiger charge is -2.41. The van der Waals surface area contributed by atoms with Crippen LogP contribution in [0.15, 0.2) is 60.7 Å². The first kappa shape index (κ1) is 37.8. The van der Waals surface area contributed by atoms with Gasteiger partial charge in [-0.3, -0.25) is 9.59 Å². The zero-order valence-electron chi connectivity index (χ0n) is 31.7. The van der Waals surface area contributed by atoms with E-state index in [1.165, 1.54) is 13.8 Å². The molecule has 0 spiro atoms. The highest BCUT2D eigenvalue weighted by Crippen LogP contribution is 2.56. The van der Waals surface area contributed by atoms with Crippen LogP contribution in [-0.2, 0) is 25.5 Å². The summed E-state index contributed by atoms with van der Waals surface area (Å²) in [5, 5.41) is 0. The summed E-state index contributed by atoms with van der Waals surface area (Å²) >= 11 is 0. The summed E-state index contributed by atoms with van der Waals surface area (Å²) in [7, 11) is 10.8. The van der Waals surface area contributed by atoms with Crippen LogP contribution in [0.1, 0.15) is 59.8 Å². The van der Waals surface area contributed by atoms with Gasteiger partial charge in [0.15, 0.2) is 41.3 Å². The van der Waals surface area contributed by atoms with Gasteiger partial charge in [0.1, 0.15) is 34.9 Å². The van der Waals surface area contributed by atoms with Gasteiger partial charge < -0.3 is 52.1 Å². The number of carbonyl (C=O) groups is 2. The van der Waals surface area contributed by atoms with Crippen LogP contribution in [0.25, 0.3) is 0 Å². The standard InChI is InChI=1S/C41H44O13/c1-21(42)51-35-19-27-31(53-38(35)23-10-14-28(45-4)32(16-23)47-6)20-34(49-8)37(40(27)50-9)36-26-13-12-25(44-3)18-30(26)54-39(41(36)52-22(2)43)24-11-15-29(46-5)33(17-24)48-7/h10-18,20,35-36,38-39,41H,19H2,1-9H3/t35-,36-,38+,39+,41-/m0/s1. The molecule has 0 saturated heterocycles. The summed E-state index contributed by atoms with van der Waals surface area (Å²) < 4.78 is 65.5. The molecule has 13 nitrogen and oxygen atoms in total. The minimum Gasteiger partial charge on any atom is -0.497 e. The summed E-state index contributed by atoms with van der Waals surface area (Å²) in [5.41, 5.74) is 3.24. The van der Waals surface area contributed by atoms with Gasteiger partial charge in [-0.1, -0.05) is 18.2 Å². The van der Waals surface area contributed by atoms with Gasteiger partial charge in [0, 0.05) is 60.2 Å². The van der Waals surface area contributed by atoms with Crippen molar-refractivity contribution in [2.45, 2.75) is 50.6 Å². The van der Waals surface area contributed by atoms with E-state index in [9.17, 15) is 9.59 Å². The molecule has 5 atom stereocenters. The molecule has 2 aliphatic heterocycles. The number of fused-ring (bicyclic) bond motifs is 2. The second-order valence-corrected chi connectivity index (χ2v) is 12.6. The van der Waals surface area contributed by atoms with Crippen molar-refractivity contribution >= 4 is 11.9 Å². The Morgan fingerprint density at radius 1 is 0.574 bits per heavy atom. The fourth-order valence-corrected chi connectivity index (χ4v) is 7.30. The van der Waals surface area contributed by atoms with Crippen molar-refractivity contribution in [3.8, 4) is 51.7 Å². The third-order valence-electron chi connectivity index (χ3n) is 9.60. The number of esters is 2. The number of rotatable bonds is 12. The summed E-state index contributed by atoms with van der Waals surface area (Å²) in [6, 6.07) is 18.0. The monoisotopic (exact) mass is 744 g/mol. The van der Waals surface area contributed by atoms with Crippen molar-refractivity contribution in [3.05, 3.63) is 88.5 Å². The van der Waals surface area contributed by atoms with Gasteiger partial charge in [-0.2, -0.15) is 0 Å². The highest BCUT2D eigenvalue weighted by Gasteiger charge is 2.47. The molecule has 0 aliphatic carbocycles. The highest BCUT2D eigenvalue weighted by atomic mass is 16.6. The average molecular weight is 745 g/mol. The van der Waals surface area contributed by atoms with E-state index in [1.807, 2.05) is 24.3 Å². The fourth-order valence-electron chi connectivity index (χ4n) is 7.30. The molecule has 4 aromatic carbocycles. The lowest BCUT2D eigenvalue weighted by molar-refractivity contribution is -0.154. The number of methoxy groups -OCH3 is 7. The van der Waals surface area contributed by atoms with E-state index >= 15 is 0 Å². The zero-order valence-corrected chi connectivity index (χ0v) is 31.7. The minimum atomic E-state index is -0.948. The van der Waals surface area contributed by atoms with Gasteiger partial charge >= 0.3 is 11.9 Å². The Kier molecular flexibility index (Phi) is 11.2. The maximum absolute atomic E-state index is 13.0. The van der Waals surface area contributed by atoms with Gasteiger partial charge in [-0.15, -0.1) is 0 Å². The highest BCUT2D eigenvalue weighted by molar-refractivity contribution is 5.69. The van der Waals surface area contributed by atoms with Gasteiger partial charge in [0.05, 0.1) is 55.7 Å². The molecular formula is C41H44O13. The number of hydrogen-bond donors (Lipinski definition) is 0. The van der Waals surface area contributed by atoms with E-state index in [1.54, 1.807) is 86.2 Å². The maximum atomic E-state index is 13.0. The number of ether oxygens (including phenoxy) is 11.